The molecule has 0 bridgehead atoms. The molecule has 1 nitrogen and oxygen atoms in total. The fraction of sp³-hybridized carbons (Fsp3) is 0.412. The van der Waals surface area contributed by atoms with Crippen LogP contribution < -0.4 is 5.32 Å². The van der Waals surface area contributed by atoms with Crippen LogP contribution in [0.25, 0.3) is 0 Å². The lowest BCUT2D eigenvalue weighted by Crippen LogP contribution is -2.26. The van der Waals surface area contributed by atoms with Crippen LogP contribution in [0.5, 0.6) is 0 Å². The second-order valence-electron chi connectivity index (χ2n) is 5.41. The number of aryl methyl sites for hydroxylation is 1. The van der Waals surface area contributed by atoms with Crippen LogP contribution in [0, 0.1) is 0 Å². The Kier molecular flexibility index (Phi) is 4.59. The first-order chi connectivity index (χ1) is 9.81. The highest BCUT2D eigenvalue weighted by atomic mass is 79.9. The van der Waals surface area contributed by atoms with Crippen molar-refractivity contribution in [3.05, 3.63) is 56.2 Å². The normalized spacial score (nSPS) is 19.0. The predicted molar refractivity (Wildman–Crippen MR) is 90.6 cm³/mol. The summed E-state index contributed by atoms with van der Waals surface area (Å²) in [5.74, 6) is 0.604. The van der Waals surface area contributed by atoms with Crippen LogP contribution >= 0.6 is 27.3 Å². The quantitative estimate of drug-likeness (QED) is 0.773. The van der Waals surface area contributed by atoms with Gasteiger partial charge in [0, 0.05) is 21.3 Å². The first-order valence-electron chi connectivity index (χ1n) is 7.35. The van der Waals surface area contributed by atoms with Gasteiger partial charge in [0.05, 0.1) is 0 Å². The van der Waals surface area contributed by atoms with Crippen LogP contribution in [0.2, 0.25) is 0 Å². The topological polar surface area (TPSA) is 12.0 Å². The third kappa shape index (κ3) is 2.72. The third-order valence-electron chi connectivity index (χ3n) is 4.12. The first kappa shape index (κ1) is 14.3. The smallest absolute Gasteiger partial charge is 0.0496 e. The molecule has 0 fully saturated rings. The van der Waals surface area contributed by atoms with E-state index in [0.29, 0.717) is 12.0 Å². The van der Waals surface area contributed by atoms with E-state index in [9.17, 15) is 0 Å². The molecule has 0 saturated heterocycles. The summed E-state index contributed by atoms with van der Waals surface area (Å²) in [6.07, 6.45) is 3.65. The molecule has 106 valence electrons. The molecular weight excluding hydrogens is 330 g/mol. The van der Waals surface area contributed by atoms with Crippen molar-refractivity contribution >= 4 is 27.3 Å². The monoisotopic (exact) mass is 349 g/mol. The third-order valence-corrected chi connectivity index (χ3v) is 6.08. The minimum Gasteiger partial charge on any atom is -0.309 e. The minimum atomic E-state index is 0.438. The first-order valence-corrected chi connectivity index (χ1v) is 9.02. The molecule has 1 aromatic heterocycles. The molecule has 1 aliphatic carbocycles. The molecular formula is C17H20BrNS. The van der Waals surface area contributed by atoms with Gasteiger partial charge in [-0.1, -0.05) is 31.2 Å². The average molecular weight is 350 g/mol. The number of nitrogens with one attached hydrogen (secondary N) is 1. The molecule has 0 aliphatic heterocycles. The SMILES string of the molecule is CCCNC(c1sccc1Br)C1CCc2ccccc21. The van der Waals surface area contributed by atoms with Crippen LogP contribution in [0.1, 0.15) is 47.7 Å². The van der Waals surface area contributed by atoms with E-state index in [1.54, 1.807) is 5.56 Å². The van der Waals surface area contributed by atoms with Gasteiger partial charge in [0.25, 0.3) is 0 Å². The Morgan fingerprint density at radius 3 is 2.95 bits per heavy atom. The van der Waals surface area contributed by atoms with Crippen molar-refractivity contribution in [2.45, 2.75) is 38.1 Å². The van der Waals surface area contributed by atoms with Gasteiger partial charge in [-0.05, 0) is 64.3 Å². The summed E-state index contributed by atoms with van der Waals surface area (Å²) >= 11 is 5.58. The van der Waals surface area contributed by atoms with Crippen molar-refractivity contribution in [3.8, 4) is 0 Å². The Labute approximate surface area is 133 Å². The lowest BCUT2D eigenvalue weighted by Gasteiger charge is -2.25. The average Bonchev–Trinajstić information content (AvgIpc) is 3.07. The summed E-state index contributed by atoms with van der Waals surface area (Å²) in [7, 11) is 0. The van der Waals surface area contributed by atoms with Crippen LogP contribution in [0.15, 0.2) is 40.2 Å². The summed E-state index contributed by atoms with van der Waals surface area (Å²) in [6.45, 7) is 3.31. The van der Waals surface area contributed by atoms with E-state index < -0.39 is 0 Å². The van der Waals surface area contributed by atoms with Gasteiger partial charge in [0.1, 0.15) is 0 Å². The Morgan fingerprint density at radius 1 is 1.35 bits per heavy atom. The maximum absolute atomic E-state index is 3.78. The van der Waals surface area contributed by atoms with Gasteiger partial charge in [-0.15, -0.1) is 11.3 Å². The van der Waals surface area contributed by atoms with Crippen molar-refractivity contribution in [1.29, 1.82) is 0 Å². The van der Waals surface area contributed by atoms with Crippen LogP contribution in [-0.4, -0.2) is 6.54 Å². The van der Waals surface area contributed by atoms with Gasteiger partial charge in [-0.25, -0.2) is 0 Å². The van der Waals surface area contributed by atoms with Gasteiger partial charge in [0.2, 0.25) is 0 Å². The standard InChI is InChI=1S/C17H20BrNS/c1-2-10-19-16(17-15(18)9-11-20-17)14-8-7-12-5-3-4-6-13(12)14/h3-6,9,11,14,16,19H,2,7-8,10H2,1H3. The summed E-state index contributed by atoms with van der Waals surface area (Å²) < 4.78 is 1.25. The largest absolute Gasteiger partial charge is 0.309 e. The molecule has 0 saturated carbocycles. The number of thiophene rings is 1. The highest BCUT2D eigenvalue weighted by Gasteiger charge is 2.31. The van der Waals surface area contributed by atoms with Crippen molar-refractivity contribution in [2.24, 2.45) is 0 Å². The Bertz CT molecular complexity index is 578. The highest BCUT2D eigenvalue weighted by Crippen LogP contribution is 2.44. The van der Waals surface area contributed by atoms with E-state index in [4.69, 9.17) is 0 Å². The van der Waals surface area contributed by atoms with E-state index in [-0.39, 0.29) is 0 Å². The summed E-state index contributed by atoms with van der Waals surface area (Å²) in [5.41, 5.74) is 3.08. The van der Waals surface area contributed by atoms with E-state index in [0.717, 1.165) is 6.54 Å². The summed E-state index contributed by atoms with van der Waals surface area (Å²) in [6, 6.07) is 11.5. The number of hydrogen-bond donors (Lipinski definition) is 1. The Morgan fingerprint density at radius 2 is 2.20 bits per heavy atom. The lowest BCUT2D eigenvalue weighted by atomic mass is 9.92. The van der Waals surface area contributed by atoms with Gasteiger partial charge >= 0.3 is 0 Å². The molecule has 1 heterocycles. The molecule has 2 unspecified atom stereocenters. The van der Waals surface area contributed by atoms with Crippen molar-refractivity contribution in [3.63, 3.8) is 0 Å². The predicted octanol–water partition coefficient (Wildman–Crippen LogP) is 5.28. The van der Waals surface area contributed by atoms with Crippen molar-refractivity contribution in [2.75, 3.05) is 6.54 Å². The zero-order chi connectivity index (χ0) is 13.9. The second kappa shape index (κ2) is 6.42. The van der Waals surface area contributed by atoms with Crippen LogP contribution in [0.4, 0.5) is 0 Å². The van der Waals surface area contributed by atoms with E-state index in [1.807, 2.05) is 11.3 Å². The highest BCUT2D eigenvalue weighted by molar-refractivity contribution is 9.10. The molecule has 0 amide bonds. The maximum atomic E-state index is 3.78. The summed E-state index contributed by atoms with van der Waals surface area (Å²) in [5, 5.41) is 5.96. The number of halogens is 1. The Hall–Kier alpha value is -0.640. The van der Waals surface area contributed by atoms with E-state index >= 15 is 0 Å². The Balaban J connectivity index is 1.93. The number of rotatable bonds is 5. The molecule has 0 radical (unpaired) electrons. The maximum Gasteiger partial charge on any atom is 0.0496 e. The summed E-state index contributed by atoms with van der Waals surface area (Å²) in [4.78, 5) is 1.44. The van der Waals surface area contributed by atoms with Crippen molar-refractivity contribution in [1.82, 2.24) is 5.32 Å². The number of hydrogen-bond acceptors (Lipinski definition) is 2. The van der Waals surface area contributed by atoms with Gasteiger partial charge in [-0.2, -0.15) is 0 Å². The zero-order valence-corrected chi connectivity index (χ0v) is 14.1. The molecule has 3 heteroatoms. The lowest BCUT2D eigenvalue weighted by molar-refractivity contribution is 0.447. The molecule has 2 atom stereocenters. The molecule has 3 rings (SSSR count). The number of benzene rings is 1. The van der Waals surface area contributed by atoms with Gasteiger partial charge in [-0.3, -0.25) is 0 Å². The molecule has 0 spiro atoms. The van der Waals surface area contributed by atoms with Crippen LogP contribution in [-0.2, 0) is 6.42 Å². The van der Waals surface area contributed by atoms with Gasteiger partial charge < -0.3 is 5.32 Å². The van der Waals surface area contributed by atoms with E-state index in [1.165, 1.54) is 34.2 Å². The zero-order valence-electron chi connectivity index (χ0n) is 11.7. The fourth-order valence-corrected chi connectivity index (χ4v) is 4.94. The number of fused-ring (bicyclic) bond motifs is 1. The molecule has 1 N–H and O–H groups in total. The second-order valence-corrected chi connectivity index (χ2v) is 7.21. The molecule has 2 aromatic rings. The van der Waals surface area contributed by atoms with Gasteiger partial charge in [0.15, 0.2) is 0 Å². The molecule has 20 heavy (non-hydrogen) atoms. The molecule has 1 aromatic carbocycles. The van der Waals surface area contributed by atoms with E-state index in [2.05, 4.69) is 63.9 Å². The minimum absolute atomic E-state index is 0.438. The van der Waals surface area contributed by atoms with Crippen LogP contribution in [0.3, 0.4) is 0 Å². The fourth-order valence-electron chi connectivity index (χ4n) is 3.18. The van der Waals surface area contributed by atoms with Crippen molar-refractivity contribution < 1.29 is 0 Å². The molecule has 1 aliphatic rings.